The van der Waals surface area contributed by atoms with Crippen molar-refractivity contribution < 1.29 is 14.4 Å². The van der Waals surface area contributed by atoms with Crippen LogP contribution in [0.15, 0.2) is 23.9 Å². The standard InChI is InChI=1S/C13H17NO4/c1-4-8-18-12-7-5-6-11(13(12)17-3)9-10(2)14(15)16/h5-7,9H,4,8H2,1-3H3/b10-9+. The lowest BCUT2D eigenvalue weighted by molar-refractivity contribution is -0.422. The highest BCUT2D eigenvalue weighted by Crippen LogP contribution is 2.32. The number of ether oxygens (including phenoxy) is 2. The molecule has 1 aromatic rings. The molecule has 0 aliphatic carbocycles. The molecular formula is C13H17NO4. The highest BCUT2D eigenvalue weighted by atomic mass is 16.6. The van der Waals surface area contributed by atoms with Crippen LogP contribution in [-0.2, 0) is 0 Å². The van der Waals surface area contributed by atoms with E-state index in [4.69, 9.17) is 9.47 Å². The Balaban J connectivity index is 3.12. The molecular weight excluding hydrogens is 234 g/mol. The Kier molecular flexibility index (Phi) is 5.17. The van der Waals surface area contributed by atoms with Gasteiger partial charge in [0.1, 0.15) is 0 Å². The summed E-state index contributed by atoms with van der Waals surface area (Å²) in [5, 5.41) is 10.6. The molecule has 0 fully saturated rings. The lowest BCUT2D eigenvalue weighted by atomic mass is 10.1. The quantitative estimate of drug-likeness (QED) is 0.575. The zero-order valence-electron chi connectivity index (χ0n) is 10.8. The molecule has 0 amide bonds. The van der Waals surface area contributed by atoms with Crippen molar-refractivity contribution in [1.29, 1.82) is 0 Å². The first-order valence-electron chi connectivity index (χ1n) is 5.72. The summed E-state index contributed by atoms with van der Waals surface area (Å²) in [6.45, 7) is 4.03. The Morgan fingerprint density at radius 1 is 1.50 bits per heavy atom. The maximum absolute atomic E-state index is 10.6. The van der Waals surface area contributed by atoms with Gasteiger partial charge in [-0.3, -0.25) is 10.1 Å². The molecule has 0 saturated carbocycles. The first-order valence-corrected chi connectivity index (χ1v) is 5.72. The summed E-state index contributed by atoms with van der Waals surface area (Å²) in [6, 6.07) is 5.32. The van der Waals surface area contributed by atoms with Gasteiger partial charge < -0.3 is 9.47 Å². The number of benzene rings is 1. The van der Waals surface area contributed by atoms with Gasteiger partial charge in [0.25, 0.3) is 0 Å². The van der Waals surface area contributed by atoms with Gasteiger partial charge in [0.05, 0.1) is 18.6 Å². The first-order chi connectivity index (χ1) is 8.60. The third-order valence-corrected chi connectivity index (χ3v) is 2.33. The molecule has 0 bridgehead atoms. The molecule has 98 valence electrons. The third kappa shape index (κ3) is 3.48. The normalized spacial score (nSPS) is 11.2. The van der Waals surface area contributed by atoms with E-state index in [0.29, 0.717) is 23.7 Å². The first kappa shape index (κ1) is 14.0. The second-order valence-corrected chi connectivity index (χ2v) is 3.77. The third-order valence-electron chi connectivity index (χ3n) is 2.33. The van der Waals surface area contributed by atoms with E-state index in [9.17, 15) is 10.1 Å². The molecule has 0 saturated heterocycles. The summed E-state index contributed by atoms with van der Waals surface area (Å²) in [5.74, 6) is 1.12. The molecule has 18 heavy (non-hydrogen) atoms. The second kappa shape index (κ2) is 6.64. The molecule has 0 unspecified atom stereocenters. The number of allylic oxidation sites excluding steroid dienone is 1. The van der Waals surface area contributed by atoms with Gasteiger partial charge in [0.15, 0.2) is 11.5 Å². The van der Waals surface area contributed by atoms with E-state index >= 15 is 0 Å². The van der Waals surface area contributed by atoms with Crippen LogP contribution < -0.4 is 9.47 Å². The average Bonchev–Trinajstić information content (AvgIpc) is 2.36. The maximum Gasteiger partial charge on any atom is 0.243 e. The van der Waals surface area contributed by atoms with E-state index < -0.39 is 4.92 Å². The predicted molar refractivity (Wildman–Crippen MR) is 69.4 cm³/mol. The van der Waals surface area contributed by atoms with Gasteiger partial charge in [-0.25, -0.2) is 0 Å². The Labute approximate surface area is 106 Å². The fourth-order valence-corrected chi connectivity index (χ4v) is 1.47. The van der Waals surface area contributed by atoms with Gasteiger partial charge in [-0.05, 0) is 12.5 Å². The smallest absolute Gasteiger partial charge is 0.243 e. The van der Waals surface area contributed by atoms with Gasteiger partial charge in [0.2, 0.25) is 5.70 Å². The van der Waals surface area contributed by atoms with Crippen LogP contribution >= 0.6 is 0 Å². The van der Waals surface area contributed by atoms with Crippen LogP contribution in [0.25, 0.3) is 6.08 Å². The van der Waals surface area contributed by atoms with Crippen LogP contribution in [-0.4, -0.2) is 18.6 Å². The summed E-state index contributed by atoms with van der Waals surface area (Å²) < 4.78 is 10.8. The van der Waals surface area contributed by atoms with E-state index in [1.165, 1.54) is 20.1 Å². The van der Waals surface area contributed by atoms with Crippen molar-refractivity contribution >= 4 is 6.08 Å². The molecule has 0 spiro atoms. The van der Waals surface area contributed by atoms with Crippen LogP contribution in [0.3, 0.4) is 0 Å². The summed E-state index contributed by atoms with van der Waals surface area (Å²) in [4.78, 5) is 10.2. The zero-order valence-corrected chi connectivity index (χ0v) is 10.8. The van der Waals surface area contributed by atoms with Crippen LogP contribution in [0.5, 0.6) is 11.5 Å². The molecule has 0 heterocycles. The maximum atomic E-state index is 10.6. The van der Waals surface area contributed by atoms with Crippen molar-refractivity contribution in [2.24, 2.45) is 0 Å². The zero-order chi connectivity index (χ0) is 13.5. The number of hydrogen-bond acceptors (Lipinski definition) is 4. The van der Waals surface area contributed by atoms with Crippen molar-refractivity contribution in [3.05, 3.63) is 39.6 Å². The topological polar surface area (TPSA) is 61.6 Å². The SMILES string of the molecule is CCCOc1cccc(/C=C(\C)[N+](=O)[O-])c1OC. The fourth-order valence-electron chi connectivity index (χ4n) is 1.47. The van der Waals surface area contributed by atoms with Crippen LogP contribution in [0.1, 0.15) is 25.8 Å². The minimum atomic E-state index is -0.432. The highest BCUT2D eigenvalue weighted by Gasteiger charge is 2.11. The van der Waals surface area contributed by atoms with Crippen LogP contribution in [0.2, 0.25) is 0 Å². The Hall–Kier alpha value is -2.04. The van der Waals surface area contributed by atoms with Crippen molar-refractivity contribution in [2.45, 2.75) is 20.3 Å². The highest BCUT2D eigenvalue weighted by molar-refractivity contribution is 5.63. The summed E-state index contributed by atoms with van der Waals surface area (Å²) >= 11 is 0. The molecule has 0 N–H and O–H groups in total. The van der Waals surface area contributed by atoms with Gasteiger partial charge in [-0.1, -0.05) is 19.1 Å². The number of hydrogen-bond donors (Lipinski definition) is 0. The Morgan fingerprint density at radius 2 is 2.22 bits per heavy atom. The monoisotopic (exact) mass is 251 g/mol. The lowest BCUT2D eigenvalue weighted by Crippen LogP contribution is -1.99. The Bertz CT molecular complexity index is 454. The molecule has 5 heteroatoms. The largest absolute Gasteiger partial charge is 0.492 e. The summed E-state index contributed by atoms with van der Waals surface area (Å²) in [6.07, 6.45) is 2.36. The number of rotatable bonds is 6. The molecule has 0 aliphatic heterocycles. The van der Waals surface area contributed by atoms with Gasteiger partial charge in [0, 0.05) is 18.6 Å². The molecule has 0 aromatic heterocycles. The van der Waals surface area contributed by atoms with E-state index in [1.54, 1.807) is 18.2 Å². The second-order valence-electron chi connectivity index (χ2n) is 3.77. The minimum absolute atomic E-state index is 0.0564. The van der Waals surface area contributed by atoms with E-state index in [2.05, 4.69) is 0 Å². The van der Waals surface area contributed by atoms with E-state index in [0.717, 1.165) is 6.42 Å². The number of nitro groups is 1. The van der Waals surface area contributed by atoms with Crippen molar-refractivity contribution in [3.63, 3.8) is 0 Å². The summed E-state index contributed by atoms with van der Waals surface area (Å²) in [7, 11) is 1.52. The van der Waals surface area contributed by atoms with Gasteiger partial charge in [-0.15, -0.1) is 0 Å². The Morgan fingerprint density at radius 3 is 2.78 bits per heavy atom. The molecule has 0 radical (unpaired) electrons. The number of methoxy groups -OCH3 is 1. The van der Waals surface area contributed by atoms with Crippen molar-refractivity contribution in [1.82, 2.24) is 0 Å². The van der Waals surface area contributed by atoms with Crippen LogP contribution in [0.4, 0.5) is 0 Å². The molecule has 0 atom stereocenters. The average molecular weight is 251 g/mol. The fraction of sp³-hybridized carbons (Fsp3) is 0.385. The number of nitrogens with zero attached hydrogens (tertiary/aromatic N) is 1. The van der Waals surface area contributed by atoms with E-state index in [1.807, 2.05) is 6.92 Å². The van der Waals surface area contributed by atoms with Gasteiger partial charge in [-0.2, -0.15) is 0 Å². The predicted octanol–water partition coefficient (Wildman–Crippen LogP) is 3.12. The van der Waals surface area contributed by atoms with E-state index in [-0.39, 0.29) is 5.70 Å². The van der Waals surface area contributed by atoms with Crippen LogP contribution in [0, 0.1) is 10.1 Å². The number of para-hydroxylation sites is 1. The van der Waals surface area contributed by atoms with Gasteiger partial charge >= 0.3 is 0 Å². The van der Waals surface area contributed by atoms with Crippen molar-refractivity contribution in [2.75, 3.05) is 13.7 Å². The molecule has 1 aromatic carbocycles. The van der Waals surface area contributed by atoms with Crippen molar-refractivity contribution in [3.8, 4) is 11.5 Å². The minimum Gasteiger partial charge on any atom is -0.492 e. The molecule has 1 rings (SSSR count). The summed E-state index contributed by atoms with van der Waals surface area (Å²) in [5.41, 5.74) is 0.696. The lowest BCUT2D eigenvalue weighted by Gasteiger charge is -2.12. The molecule has 0 aliphatic rings. The molecule has 5 nitrogen and oxygen atoms in total.